The van der Waals surface area contributed by atoms with Crippen molar-refractivity contribution >= 4 is 27.7 Å². The van der Waals surface area contributed by atoms with Gasteiger partial charge in [0.1, 0.15) is 5.75 Å². The molecule has 0 unspecified atom stereocenters. The Morgan fingerprint density at radius 1 is 1.08 bits per heavy atom. The minimum Gasteiger partial charge on any atom is -0.494 e. The van der Waals surface area contributed by atoms with Gasteiger partial charge in [0, 0.05) is 35.5 Å². The van der Waals surface area contributed by atoms with Crippen molar-refractivity contribution in [1.29, 1.82) is 0 Å². The molecule has 0 saturated carbocycles. The summed E-state index contributed by atoms with van der Waals surface area (Å²) in [5, 5.41) is 12.1. The van der Waals surface area contributed by atoms with Gasteiger partial charge in [0.05, 0.1) is 6.61 Å². The van der Waals surface area contributed by atoms with Crippen LogP contribution in [0.15, 0.2) is 88.3 Å². The Morgan fingerprint density at radius 3 is 2.42 bits per heavy atom. The van der Waals surface area contributed by atoms with E-state index < -0.39 is 11.6 Å². The van der Waals surface area contributed by atoms with E-state index in [0.29, 0.717) is 31.1 Å². The smallest absolute Gasteiger partial charge is 0.252 e. The number of rotatable bonds is 10. The van der Waals surface area contributed by atoms with Crippen LogP contribution in [0.2, 0.25) is 0 Å². The van der Waals surface area contributed by atoms with Gasteiger partial charge in [-0.1, -0.05) is 58.4 Å². The minimum absolute atomic E-state index is 0.0506. The first-order valence-corrected chi connectivity index (χ1v) is 12.9. The van der Waals surface area contributed by atoms with E-state index in [9.17, 15) is 4.79 Å². The molecule has 2 N–H and O–H groups in total. The van der Waals surface area contributed by atoms with Crippen molar-refractivity contribution in [2.75, 3.05) is 13.2 Å². The number of hydrogen-bond acceptors (Lipinski definition) is 5. The molecule has 0 saturated heterocycles. The van der Waals surface area contributed by atoms with E-state index in [0.717, 1.165) is 21.2 Å². The Morgan fingerprint density at radius 2 is 1.78 bits per heavy atom. The van der Waals surface area contributed by atoms with Crippen LogP contribution in [-0.2, 0) is 16.0 Å². The highest BCUT2D eigenvalue weighted by Gasteiger charge is 2.53. The van der Waals surface area contributed by atoms with Crippen molar-refractivity contribution in [3.63, 3.8) is 0 Å². The molecule has 3 aromatic rings. The maximum absolute atomic E-state index is 13.9. The molecule has 188 valence electrons. The average Bonchev–Trinajstić information content (AvgIpc) is 3.27. The fourth-order valence-electron chi connectivity index (χ4n) is 4.21. The Bertz CT molecular complexity index is 1180. The van der Waals surface area contributed by atoms with Gasteiger partial charge < -0.3 is 19.9 Å². The normalized spacial score (nSPS) is 19.0. The van der Waals surface area contributed by atoms with Crippen LogP contribution >= 0.6 is 15.9 Å². The number of nitrogens with one attached hydrogen (secondary N) is 1. The van der Waals surface area contributed by atoms with E-state index in [4.69, 9.17) is 19.6 Å². The summed E-state index contributed by atoms with van der Waals surface area (Å²) in [4.78, 5) is 18.9. The zero-order valence-electron chi connectivity index (χ0n) is 20.5. The summed E-state index contributed by atoms with van der Waals surface area (Å²) in [5.74, 6) is 0.944. The number of ether oxygens (including phenoxy) is 2. The van der Waals surface area contributed by atoms with Crippen LogP contribution in [0, 0.1) is 0 Å². The van der Waals surface area contributed by atoms with E-state index in [1.54, 1.807) is 0 Å². The van der Waals surface area contributed by atoms with Crippen LogP contribution in [0.25, 0.3) is 0 Å². The van der Waals surface area contributed by atoms with Crippen molar-refractivity contribution in [3.05, 3.63) is 100 Å². The molecule has 4 rings (SSSR count). The second-order valence-corrected chi connectivity index (χ2v) is 10.0. The van der Waals surface area contributed by atoms with E-state index >= 15 is 0 Å². The third kappa shape index (κ3) is 5.97. The average molecular weight is 551 g/mol. The van der Waals surface area contributed by atoms with Gasteiger partial charge in [-0.15, -0.1) is 0 Å². The second kappa shape index (κ2) is 11.7. The summed E-state index contributed by atoms with van der Waals surface area (Å²) in [5.41, 5.74) is 1.45. The maximum Gasteiger partial charge on any atom is 0.252 e. The Labute approximate surface area is 220 Å². The van der Waals surface area contributed by atoms with Gasteiger partial charge in [-0.25, -0.2) is 4.99 Å². The topological polar surface area (TPSA) is 80.2 Å². The quantitative estimate of drug-likeness (QED) is 0.338. The number of nitrogens with zero attached hydrogens (tertiary/aromatic N) is 1. The van der Waals surface area contributed by atoms with E-state index in [2.05, 4.69) is 21.2 Å². The molecule has 36 heavy (non-hydrogen) atoms. The van der Waals surface area contributed by atoms with Gasteiger partial charge in [-0.05, 0) is 61.4 Å². The predicted octanol–water partition coefficient (Wildman–Crippen LogP) is 5.23. The molecule has 0 radical (unpaired) electrons. The van der Waals surface area contributed by atoms with Gasteiger partial charge in [0.2, 0.25) is 5.90 Å². The highest BCUT2D eigenvalue weighted by atomic mass is 79.9. The monoisotopic (exact) mass is 550 g/mol. The van der Waals surface area contributed by atoms with Crippen molar-refractivity contribution in [3.8, 4) is 5.75 Å². The fraction of sp³-hybridized carbons (Fsp3) is 0.310. The lowest BCUT2D eigenvalue weighted by molar-refractivity contribution is -0.129. The highest BCUT2D eigenvalue weighted by Crippen LogP contribution is 2.42. The largest absolute Gasteiger partial charge is 0.494 e. The first-order valence-electron chi connectivity index (χ1n) is 12.1. The molecule has 6 nitrogen and oxygen atoms in total. The number of aliphatic hydroxyl groups is 1. The Hall–Kier alpha value is -3.16. The molecular formula is C29H31BrN2O4. The number of amides is 1. The van der Waals surface area contributed by atoms with Gasteiger partial charge in [-0.3, -0.25) is 4.79 Å². The maximum atomic E-state index is 13.9. The summed E-state index contributed by atoms with van der Waals surface area (Å²) in [6.07, 6.45) is 0.348. The van der Waals surface area contributed by atoms with Crippen LogP contribution in [0.1, 0.15) is 43.1 Å². The van der Waals surface area contributed by atoms with Crippen LogP contribution in [0.4, 0.5) is 0 Å². The van der Waals surface area contributed by atoms with Gasteiger partial charge in [0.25, 0.3) is 5.91 Å². The zero-order valence-corrected chi connectivity index (χ0v) is 22.1. The van der Waals surface area contributed by atoms with Crippen molar-refractivity contribution in [1.82, 2.24) is 5.32 Å². The summed E-state index contributed by atoms with van der Waals surface area (Å²) >= 11 is 3.49. The number of hydrogen-bond donors (Lipinski definition) is 2. The third-order valence-electron chi connectivity index (χ3n) is 5.94. The number of aliphatic imine (C=N–C) groups is 1. The number of carbonyl (C=O) groups excluding carboxylic acids is 1. The molecule has 0 aromatic heterocycles. The number of benzene rings is 3. The lowest BCUT2D eigenvalue weighted by Crippen LogP contribution is -2.51. The fourth-order valence-corrected chi connectivity index (χ4v) is 4.48. The molecule has 0 fully saturated rings. The molecule has 3 aromatic carbocycles. The molecule has 2 atom stereocenters. The molecule has 1 amide bonds. The van der Waals surface area contributed by atoms with E-state index in [1.807, 2.05) is 92.7 Å². The van der Waals surface area contributed by atoms with Gasteiger partial charge in [0.15, 0.2) is 11.6 Å². The van der Waals surface area contributed by atoms with Gasteiger partial charge in [-0.2, -0.15) is 0 Å². The number of halogens is 1. The molecule has 1 aliphatic rings. The lowest BCUT2D eigenvalue weighted by atomic mass is 9.82. The highest BCUT2D eigenvalue weighted by molar-refractivity contribution is 9.10. The van der Waals surface area contributed by atoms with Crippen molar-refractivity contribution in [2.45, 2.75) is 44.4 Å². The summed E-state index contributed by atoms with van der Waals surface area (Å²) in [6, 6.07) is 25.1. The molecule has 0 bridgehead atoms. The Balaban J connectivity index is 1.76. The van der Waals surface area contributed by atoms with Crippen LogP contribution in [0.5, 0.6) is 5.75 Å². The predicted molar refractivity (Wildman–Crippen MR) is 144 cm³/mol. The minimum atomic E-state index is -1.19. The van der Waals surface area contributed by atoms with Crippen LogP contribution in [0.3, 0.4) is 0 Å². The molecule has 1 heterocycles. The first kappa shape index (κ1) is 25.9. The second-order valence-electron chi connectivity index (χ2n) is 9.13. The van der Waals surface area contributed by atoms with Crippen LogP contribution in [-0.4, -0.2) is 41.7 Å². The SMILES string of the molecule is CC(C)NC(=O)[C@]1(Cc2ccc(Br)cc2)N=C(c2ccc(OCCCO)cc2)O[C@@H]1c1ccccc1. The van der Waals surface area contributed by atoms with Crippen LogP contribution < -0.4 is 10.1 Å². The van der Waals surface area contributed by atoms with Crippen molar-refractivity contribution < 1.29 is 19.4 Å². The summed E-state index contributed by atoms with van der Waals surface area (Å²) in [7, 11) is 0. The van der Waals surface area contributed by atoms with Crippen molar-refractivity contribution in [2.24, 2.45) is 4.99 Å². The summed E-state index contributed by atoms with van der Waals surface area (Å²) < 4.78 is 13.1. The number of aliphatic hydroxyl groups excluding tert-OH is 1. The molecule has 7 heteroatoms. The summed E-state index contributed by atoms with van der Waals surface area (Å²) in [6.45, 7) is 4.41. The molecule has 0 aliphatic carbocycles. The van der Waals surface area contributed by atoms with E-state index in [1.165, 1.54) is 0 Å². The van der Waals surface area contributed by atoms with Gasteiger partial charge >= 0.3 is 0 Å². The van der Waals surface area contributed by atoms with E-state index in [-0.39, 0.29) is 18.6 Å². The standard InChI is InChI=1S/C29H31BrN2O4/c1-20(2)31-28(34)29(19-21-9-13-24(30)14-10-21)26(22-7-4-3-5-8-22)36-27(32-29)23-11-15-25(16-12-23)35-18-6-17-33/h3-5,7-16,20,26,33H,6,17-19H2,1-2H3,(H,31,34)/t26-,29-/m1/s1. The molecular weight excluding hydrogens is 520 g/mol. The third-order valence-corrected chi connectivity index (χ3v) is 6.47. The first-order chi connectivity index (χ1) is 17.4. The Kier molecular flexibility index (Phi) is 8.44. The number of carbonyl (C=O) groups is 1. The lowest BCUT2D eigenvalue weighted by Gasteiger charge is -2.31. The zero-order chi connectivity index (χ0) is 25.5. The molecule has 0 spiro atoms. The molecule has 1 aliphatic heterocycles.